The lowest BCUT2D eigenvalue weighted by molar-refractivity contribution is -0.371. The number of ether oxygens (including phenoxy) is 5. The van der Waals surface area contributed by atoms with Crippen molar-refractivity contribution in [3.8, 4) is 0 Å². The molecule has 0 amide bonds. The Balaban J connectivity index is 1.17. The third-order valence-corrected chi connectivity index (χ3v) is 17.5. The first kappa shape index (κ1) is 45.5. The number of aliphatic hydroxyl groups excluding tert-OH is 5. The molecule has 4 saturated carbocycles. The van der Waals surface area contributed by atoms with Crippen molar-refractivity contribution < 1.29 is 78.6 Å². The predicted molar refractivity (Wildman–Crippen MR) is 208 cm³/mol. The molecule has 0 aromatic carbocycles. The topological polar surface area (TPSA) is 256 Å². The molecule has 2 heterocycles. The Morgan fingerprint density at radius 2 is 1.33 bits per heavy atom. The van der Waals surface area contributed by atoms with Gasteiger partial charge >= 0.3 is 17.9 Å². The minimum atomic E-state index is -2.04. The monoisotopic (exact) mass is 850 g/mol. The lowest BCUT2D eigenvalue weighted by atomic mass is 9.33. The van der Waals surface area contributed by atoms with E-state index >= 15 is 0 Å². The van der Waals surface area contributed by atoms with Crippen LogP contribution in [-0.2, 0) is 42.9 Å². The van der Waals surface area contributed by atoms with Crippen molar-refractivity contribution in [2.75, 3.05) is 6.61 Å². The van der Waals surface area contributed by atoms with Gasteiger partial charge in [0.1, 0.15) is 36.6 Å². The minimum Gasteiger partial charge on any atom is -0.479 e. The molecule has 6 fully saturated rings. The summed E-state index contributed by atoms with van der Waals surface area (Å²) in [6.45, 7) is 17.4. The van der Waals surface area contributed by atoms with E-state index < -0.39 is 101 Å². The number of aliphatic carboxylic acids is 2. The van der Waals surface area contributed by atoms with E-state index in [1.54, 1.807) is 0 Å². The molecule has 16 heteroatoms. The number of fused-ring (bicyclic) bond motifs is 7. The van der Waals surface area contributed by atoms with Crippen molar-refractivity contribution >= 4 is 23.7 Å². The second-order valence-electron chi connectivity index (χ2n) is 21.0. The summed E-state index contributed by atoms with van der Waals surface area (Å²) in [4.78, 5) is 52.3. The highest BCUT2D eigenvalue weighted by Gasteiger charge is 2.71. The van der Waals surface area contributed by atoms with Gasteiger partial charge in [-0.25, -0.2) is 9.59 Å². The predicted octanol–water partition coefficient (Wildman–Crippen LogP) is 2.72. The van der Waals surface area contributed by atoms with Crippen LogP contribution in [0.25, 0.3) is 0 Å². The van der Waals surface area contributed by atoms with Gasteiger partial charge in [-0.15, -0.1) is 0 Å². The Morgan fingerprint density at radius 3 is 1.95 bits per heavy atom. The fourth-order valence-corrected chi connectivity index (χ4v) is 13.7. The normalized spacial score (nSPS) is 51.1. The van der Waals surface area contributed by atoms with Gasteiger partial charge in [-0.1, -0.05) is 47.1 Å². The number of carbonyl (C=O) groups is 4. The van der Waals surface area contributed by atoms with Crippen molar-refractivity contribution in [3.63, 3.8) is 0 Å². The summed E-state index contributed by atoms with van der Waals surface area (Å²) in [5.74, 6) is -3.68. The van der Waals surface area contributed by atoms with Crippen molar-refractivity contribution in [2.24, 2.45) is 50.2 Å². The van der Waals surface area contributed by atoms with E-state index in [0.29, 0.717) is 25.9 Å². The maximum Gasteiger partial charge on any atom is 0.335 e. The van der Waals surface area contributed by atoms with Gasteiger partial charge < -0.3 is 59.4 Å². The van der Waals surface area contributed by atoms with E-state index in [1.165, 1.54) is 5.57 Å². The van der Waals surface area contributed by atoms with E-state index in [9.17, 15) is 54.9 Å². The van der Waals surface area contributed by atoms with Crippen LogP contribution in [0.15, 0.2) is 11.6 Å². The fraction of sp³-hybridized carbons (Fsp3) is 0.864. The molecule has 7 rings (SSSR count). The Labute approximate surface area is 350 Å². The average Bonchev–Trinajstić information content (AvgIpc) is 3.16. The van der Waals surface area contributed by atoms with Gasteiger partial charge in [0.05, 0.1) is 18.1 Å². The van der Waals surface area contributed by atoms with Crippen molar-refractivity contribution in [1.82, 2.24) is 0 Å². The zero-order chi connectivity index (χ0) is 44.3. The number of ketones is 1. The average molecular weight is 851 g/mol. The summed E-state index contributed by atoms with van der Waals surface area (Å²) in [7, 11) is 0. The lowest BCUT2D eigenvalue weighted by Gasteiger charge is -2.70. The SMILES string of the molecule is CCOC(=O)[C@@]1(C)CC[C@]2(C)CC[C@]3(C)C(=CC(=O)[C@@H]4[C@@]5(C)CC[C@H](O[C@@H]6O[C@H](C(=O)O)[C@@H](O)[C@H](O)[C@H]6O[C@@H]6O[C@H](C(=O)O)[C@@H](O)[C@H](O)[C@H]6O)C(C)(C)[C@@H]5CC[C@]43C)[C@@H]2C1. The standard InChI is InChI=1S/C44H66O16/c1-9-56-38(55)41(5)15-14-40(4)16-17-43(7)20(21(40)19-41)18-22(45)33-42(6)12-11-24(39(2,3)23(42)10-13-44(33,43)8)57-37-32(28(49)27(48)31(59-37)35(53)54)60-36-29(50)25(46)26(47)30(58-36)34(51)52/h18,21,23-33,36-37,46-50H,9-17,19H2,1-8H3,(H,51,52)(H,53,54)/t21-,23-,24-,25-,26-,27-,28-,29+,30-,31-,32+,33+,36-,37+,40+,41-,42-,43+,44+/m0/s1. The van der Waals surface area contributed by atoms with Crippen LogP contribution in [0.1, 0.15) is 113 Å². The summed E-state index contributed by atoms with van der Waals surface area (Å²) in [6, 6.07) is 0. The molecule has 7 aliphatic rings. The van der Waals surface area contributed by atoms with Crippen LogP contribution in [0.2, 0.25) is 0 Å². The third-order valence-electron chi connectivity index (χ3n) is 17.5. The number of carboxylic acid groups (broad SMARTS) is 2. The number of rotatable bonds is 8. The van der Waals surface area contributed by atoms with Gasteiger partial charge in [0, 0.05) is 5.92 Å². The minimum absolute atomic E-state index is 0.0361. The van der Waals surface area contributed by atoms with E-state index in [0.717, 1.165) is 38.5 Å². The van der Waals surface area contributed by atoms with Crippen molar-refractivity contribution in [2.45, 2.75) is 181 Å². The maximum atomic E-state index is 15.0. The van der Waals surface area contributed by atoms with E-state index in [2.05, 4.69) is 27.7 Å². The molecule has 19 atom stereocenters. The van der Waals surface area contributed by atoms with Crippen LogP contribution in [0.3, 0.4) is 0 Å². The van der Waals surface area contributed by atoms with Crippen LogP contribution >= 0.6 is 0 Å². The Morgan fingerprint density at radius 1 is 0.733 bits per heavy atom. The first-order chi connectivity index (χ1) is 27.8. The Bertz CT molecular complexity index is 1770. The molecular formula is C44H66O16. The zero-order valence-corrected chi connectivity index (χ0v) is 36.0. The van der Waals surface area contributed by atoms with Gasteiger partial charge in [-0.2, -0.15) is 0 Å². The first-order valence-corrected chi connectivity index (χ1v) is 21.7. The number of allylic oxidation sites excluding steroid dienone is 2. The molecule has 0 radical (unpaired) electrons. The molecule has 7 N–H and O–H groups in total. The molecule has 0 aromatic heterocycles. The fourth-order valence-electron chi connectivity index (χ4n) is 13.7. The molecule has 0 spiro atoms. The van der Waals surface area contributed by atoms with Crippen LogP contribution in [-0.4, -0.2) is 134 Å². The quantitative estimate of drug-likeness (QED) is 0.137. The summed E-state index contributed by atoms with van der Waals surface area (Å²) >= 11 is 0. The molecule has 0 bridgehead atoms. The highest BCUT2D eigenvalue weighted by Crippen LogP contribution is 2.75. The van der Waals surface area contributed by atoms with E-state index in [4.69, 9.17) is 23.7 Å². The van der Waals surface area contributed by atoms with Gasteiger partial charge in [0.25, 0.3) is 0 Å². The summed E-state index contributed by atoms with van der Waals surface area (Å²) in [5, 5.41) is 72.9. The molecule has 5 aliphatic carbocycles. The highest BCUT2D eigenvalue weighted by molar-refractivity contribution is 5.95. The van der Waals surface area contributed by atoms with Crippen LogP contribution in [0.4, 0.5) is 0 Å². The first-order valence-electron chi connectivity index (χ1n) is 21.7. The number of aliphatic hydroxyl groups is 5. The largest absolute Gasteiger partial charge is 0.479 e. The number of carboxylic acids is 2. The Kier molecular flexibility index (Phi) is 11.6. The smallest absolute Gasteiger partial charge is 0.335 e. The van der Waals surface area contributed by atoms with Crippen LogP contribution in [0.5, 0.6) is 0 Å². The second kappa shape index (κ2) is 15.3. The highest BCUT2D eigenvalue weighted by atomic mass is 16.8. The lowest BCUT2D eigenvalue weighted by Crippen LogP contribution is -2.68. The van der Waals surface area contributed by atoms with E-state index in [-0.39, 0.29) is 40.3 Å². The molecule has 338 valence electrons. The summed E-state index contributed by atoms with van der Waals surface area (Å²) in [5.41, 5.74) is -1.36. The molecule has 0 aromatic rings. The molecule has 60 heavy (non-hydrogen) atoms. The van der Waals surface area contributed by atoms with Crippen molar-refractivity contribution in [3.05, 3.63) is 11.6 Å². The second-order valence-corrected chi connectivity index (χ2v) is 21.0. The van der Waals surface area contributed by atoms with Crippen LogP contribution < -0.4 is 0 Å². The molecular weight excluding hydrogens is 784 g/mol. The van der Waals surface area contributed by atoms with Gasteiger partial charge in [0.15, 0.2) is 30.6 Å². The molecule has 16 nitrogen and oxygen atoms in total. The summed E-state index contributed by atoms with van der Waals surface area (Å²) < 4.78 is 29.0. The van der Waals surface area contributed by atoms with Crippen LogP contribution in [0, 0.1) is 50.2 Å². The Hall–Kier alpha value is -2.54. The van der Waals surface area contributed by atoms with Crippen molar-refractivity contribution in [1.29, 1.82) is 0 Å². The number of esters is 1. The number of hydrogen-bond donors (Lipinski definition) is 7. The third kappa shape index (κ3) is 6.72. The molecule has 2 aliphatic heterocycles. The molecule has 0 unspecified atom stereocenters. The molecule has 2 saturated heterocycles. The van der Waals surface area contributed by atoms with Gasteiger partial charge in [-0.05, 0) is 117 Å². The summed E-state index contributed by atoms with van der Waals surface area (Å²) in [6.07, 6.45) is -11.6. The number of hydrogen-bond acceptors (Lipinski definition) is 14. The van der Waals surface area contributed by atoms with E-state index in [1.807, 2.05) is 33.8 Å². The van der Waals surface area contributed by atoms with Gasteiger partial charge in [0.2, 0.25) is 0 Å². The zero-order valence-electron chi connectivity index (χ0n) is 36.0. The van der Waals surface area contributed by atoms with Gasteiger partial charge in [-0.3, -0.25) is 9.59 Å². The maximum absolute atomic E-state index is 15.0. The number of carbonyl (C=O) groups excluding carboxylic acids is 2.